The van der Waals surface area contributed by atoms with Crippen molar-refractivity contribution in [2.75, 3.05) is 0 Å². The number of fused-ring (bicyclic) bond motifs is 1. The fraction of sp³-hybridized carbons (Fsp3) is 0.741. The van der Waals surface area contributed by atoms with Gasteiger partial charge >= 0.3 is 5.97 Å². The molecule has 4 N–H and O–H groups in total. The zero-order valence-corrected chi connectivity index (χ0v) is 23.1. The van der Waals surface area contributed by atoms with E-state index in [1.807, 2.05) is 25.3 Å². The summed E-state index contributed by atoms with van der Waals surface area (Å²) in [5, 5.41) is 24.5. The van der Waals surface area contributed by atoms with Crippen LogP contribution in [0.2, 0.25) is 0 Å². The summed E-state index contributed by atoms with van der Waals surface area (Å²) in [4.78, 5) is 30.7. The van der Waals surface area contributed by atoms with Crippen LogP contribution in [0, 0.1) is 17.3 Å². The van der Waals surface area contributed by atoms with Crippen LogP contribution >= 0.6 is 11.3 Å². The van der Waals surface area contributed by atoms with Crippen LogP contribution in [-0.4, -0.2) is 57.0 Å². The summed E-state index contributed by atoms with van der Waals surface area (Å²) in [5.74, 6) is -1.59. The van der Waals surface area contributed by atoms with Crippen LogP contribution < -0.4 is 5.73 Å². The summed E-state index contributed by atoms with van der Waals surface area (Å²) in [5.41, 5.74) is 5.74. The van der Waals surface area contributed by atoms with Gasteiger partial charge in [0, 0.05) is 24.3 Å². The third kappa shape index (κ3) is 6.61. The number of carbonyl (C=O) groups is 2. The molecule has 9 heteroatoms. The number of cyclic esters (lactones) is 1. The van der Waals surface area contributed by atoms with Crippen molar-refractivity contribution in [3.05, 3.63) is 21.7 Å². The number of aliphatic hydroxyl groups is 2. The second-order valence-electron chi connectivity index (χ2n) is 11.3. The molecule has 2 aliphatic rings. The molecule has 0 bridgehead atoms. The summed E-state index contributed by atoms with van der Waals surface area (Å²) < 4.78 is 11.9. The molecule has 0 spiro atoms. The van der Waals surface area contributed by atoms with Crippen LogP contribution in [0.25, 0.3) is 6.08 Å². The summed E-state index contributed by atoms with van der Waals surface area (Å²) in [6, 6.07) is 0. The molecule has 3 rings (SSSR count). The van der Waals surface area contributed by atoms with E-state index in [2.05, 4.69) is 11.9 Å². The molecule has 0 aromatic carbocycles. The minimum Gasteiger partial charge on any atom is -0.458 e. The van der Waals surface area contributed by atoms with E-state index in [0.717, 1.165) is 35.5 Å². The van der Waals surface area contributed by atoms with Crippen LogP contribution in [0.15, 0.2) is 11.0 Å². The van der Waals surface area contributed by atoms with Gasteiger partial charge in [0.2, 0.25) is 0 Å². The molecule has 36 heavy (non-hydrogen) atoms. The molecule has 2 saturated heterocycles. The fourth-order valence-electron chi connectivity index (χ4n) is 5.11. The number of epoxide rings is 1. The number of nitrogens with zero attached hydrogens (tertiary/aromatic N) is 1. The second kappa shape index (κ2) is 11.4. The van der Waals surface area contributed by atoms with Crippen LogP contribution in [0.3, 0.4) is 0 Å². The van der Waals surface area contributed by atoms with Gasteiger partial charge in [-0.3, -0.25) is 9.59 Å². The van der Waals surface area contributed by atoms with Gasteiger partial charge in [0.15, 0.2) is 0 Å². The first kappa shape index (κ1) is 28.9. The number of thiazole rings is 1. The van der Waals surface area contributed by atoms with E-state index in [0.29, 0.717) is 13.0 Å². The number of hydrogen-bond acceptors (Lipinski definition) is 9. The number of aromatic nitrogens is 1. The molecule has 3 heterocycles. The molecular formula is C27H42N2O6S. The Kier molecular flexibility index (Phi) is 9.15. The monoisotopic (exact) mass is 522 g/mol. The topological polar surface area (TPSA) is 135 Å². The highest BCUT2D eigenvalue weighted by molar-refractivity contribution is 7.09. The maximum Gasteiger partial charge on any atom is 0.309 e. The zero-order chi connectivity index (χ0) is 26.8. The Morgan fingerprint density at radius 1 is 1.28 bits per heavy atom. The summed E-state index contributed by atoms with van der Waals surface area (Å²) >= 11 is 1.48. The lowest BCUT2D eigenvalue weighted by atomic mass is 9.73. The second-order valence-corrected chi connectivity index (χ2v) is 12.3. The molecule has 2 aliphatic heterocycles. The van der Waals surface area contributed by atoms with Gasteiger partial charge in [-0.05, 0) is 44.3 Å². The lowest BCUT2D eigenvalue weighted by molar-refractivity contribution is -0.154. The van der Waals surface area contributed by atoms with Gasteiger partial charge in [-0.1, -0.05) is 34.1 Å². The van der Waals surface area contributed by atoms with E-state index in [1.54, 1.807) is 20.8 Å². The molecule has 7 atom stereocenters. The first-order valence-electron chi connectivity index (χ1n) is 12.9. The predicted octanol–water partition coefficient (Wildman–Crippen LogP) is 3.63. The predicted molar refractivity (Wildman–Crippen MR) is 139 cm³/mol. The third-order valence-corrected chi connectivity index (χ3v) is 8.92. The Morgan fingerprint density at radius 2 is 1.97 bits per heavy atom. The normalized spacial score (nSPS) is 36.8. The molecule has 0 unspecified atom stereocenters. The number of carbonyl (C=O) groups excluding carboxylic acids is 2. The molecule has 1 aromatic heterocycles. The van der Waals surface area contributed by atoms with Crippen LogP contribution in [0.1, 0.15) is 84.3 Å². The minimum atomic E-state index is -1.24. The lowest BCUT2D eigenvalue weighted by Crippen LogP contribution is -2.45. The van der Waals surface area contributed by atoms with E-state index in [9.17, 15) is 19.8 Å². The smallest absolute Gasteiger partial charge is 0.309 e. The van der Waals surface area contributed by atoms with E-state index in [1.165, 1.54) is 11.3 Å². The summed E-state index contributed by atoms with van der Waals surface area (Å²) in [7, 11) is 0. The van der Waals surface area contributed by atoms with E-state index in [4.69, 9.17) is 15.2 Å². The Morgan fingerprint density at radius 3 is 2.61 bits per heavy atom. The molecule has 1 aromatic rings. The van der Waals surface area contributed by atoms with Crippen molar-refractivity contribution < 1.29 is 29.3 Å². The van der Waals surface area contributed by atoms with Crippen molar-refractivity contribution in [2.45, 2.75) is 110 Å². The molecule has 202 valence electrons. The van der Waals surface area contributed by atoms with E-state index in [-0.39, 0.29) is 29.8 Å². The number of esters is 1. The lowest BCUT2D eigenvalue weighted by Gasteiger charge is -2.34. The van der Waals surface area contributed by atoms with Crippen LogP contribution in [0.4, 0.5) is 0 Å². The largest absolute Gasteiger partial charge is 0.458 e. The SMILES string of the molecule is C/C(=C\c1csc(CN)n1)[C@@H]1C[C@H]2O[C@@]2(C)CCC[C@H](C)[C@H](O)[C@@H](C)C(=O)C(C)(C)[C@@H](O)CC(=O)O1. The standard InChI is InChI=1S/C27H42N2O6S/c1-15-8-7-9-27(6)21(35-27)11-19(16(2)10-18-14-36-22(13-28)29-18)34-23(31)12-20(30)26(4,5)25(33)17(3)24(15)32/h10,14-15,17,19-21,24,30,32H,7-9,11-13,28H2,1-6H3/b16-10+/t15-,17+,19-,20-,21+,24-,27-/m0/s1. The Hall–Kier alpha value is -1.65. The number of aliphatic hydroxyl groups excluding tert-OH is 2. The van der Waals surface area contributed by atoms with Gasteiger partial charge in [-0.25, -0.2) is 4.98 Å². The Labute approximate surface area is 218 Å². The van der Waals surface area contributed by atoms with Crippen molar-refractivity contribution in [2.24, 2.45) is 23.0 Å². The van der Waals surface area contributed by atoms with Gasteiger partial charge in [-0.15, -0.1) is 11.3 Å². The Balaban J connectivity index is 1.85. The average Bonchev–Trinajstić information content (AvgIpc) is 3.23. The number of ether oxygens (including phenoxy) is 2. The molecular weight excluding hydrogens is 480 g/mol. The molecule has 0 aliphatic carbocycles. The highest BCUT2D eigenvalue weighted by Gasteiger charge is 2.53. The number of ketones is 1. The van der Waals surface area contributed by atoms with Crippen LogP contribution in [-0.2, 0) is 25.6 Å². The van der Waals surface area contributed by atoms with Gasteiger partial charge in [0.1, 0.15) is 16.9 Å². The number of rotatable bonds is 3. The molecule has 2 fully saturated rings. The van der Waals surface area contributed by atoms with E-state index < -0.39 is 35.6 Å². The third-order valence-electron chi connectivity index (χ3n) is 8.03. The van der Waals surface area contributed by atoms with Gasteiger partial charge in [0.25, 0.3) is 0 Å². The maximum absolute atomic E-state index is 13.2. The highest BCUT2D eigenvalue weighted by atomic mass is 32.1. The highest BCUT2D eigenvalue weighted by Crippen LogP contribution is 2.45. The van der Waals surface area contributed by atoms with Crippen molar-refractivity contribution in [1.82, 2.24) is 4.98 Å². The first-order valence-corrected chi connectivity index (χ1v) is 13.8. The van der Waals surface area contributed by atoms with Gasteiger partial charge < -0.3 is 25.4 Å². The van der Waals surface area contributed by atoms with Gasteiger partial charge in [-0.2, -0.15) is 0 Å². The van der Waals surface area contributed by atoms with Crippen molar-refractivity contribution in [3.63, 3.8) is 0 Å². The number of nitrogens with two attached hydrogens (primary N) is 1. The number of Topliss-reactive ketones (excluding diaryl/α,β-unsaturated/α-hetero) is 1. The minimum absolute atomic E-state index is 0.0660. The van der Waals surface area contributed by atoms with Crippen molar-refractivity contribution in [3.8, 4) is 0 Å². The molecule has 0 radical (unpaired) electrons. The van der Waals surface area contributed by atoms with Crippen molar-refractivity contribution >= 4 is 29.2 Å². The summed E-state index contributed by atoms with van der Waals surface area (Å²) in [6.07, 6.45) is 1.80. The van der Waals surface area contributed by atoms with Crippen LogP contribution in [0.5, 0.6) is 0 Å². The number of hydrogen-bond donors (Lipinski definition) is 3. The molecule has 0 amide bonds. The molecule has 0 saturated carbocycles. The first-order chi connectivity index (χ1) is 16.8. The average molecular weight is 523 g/mol. The fourth-order valence-corrected chi connectivity index (χ4v) is 5.74. The van der Waals surface area contributed by atoms with E-state index >= 15 is 0 Å². The maximum atomic E-state index is 13.2. The quantitative estimate of drug-likeness (QED) is 0.405. The van der Waals surface area contributed by atoms with Crippen molar-refractivity contribution in [1.29, 1.82) is 0 Å². The Bertz CT molecular complexity index is 975. The van der Waals surface area contributed by atoms with Gasteiger partial charge in [0.05, 0.1) is 41.4 Å². The molecule has 8 nitrogen and oxygen atoms in total. The summed E-state index contributed by atoms with van der Waals surface area (Å²) in [6.45, 7) is 11.2. The zero-order valence-electron chi connectivity index (χ0n) is 22.3.